The lowest BCUT2D eigenvalue weighted by Gasteiger charge is -2.36. The Hall–Kier alpha value is -5.26. The summed E-state index contributed by atoms with van der Waals surface area (Å²) < 4.78 is 6.73. The first-order valence-corrected chi connectivity index (χ1v) is 21.7. The number of hydrogen-bond acceptors (Lipinski definition) is 1. The average molecular weight is 703 g/mol. The smallest absolute Gasteiger partial charge is 0.123 e. The third-order valence-electron chi connectivity index (χ3n) is 10.6. The van der Waals surface area contributed by atoms with Crippen LogP contribution in [0.15, 0.2) is 200 Å². The van der Waals surface area contributed by atoms with Gasteiger partial charge in [-0.15, -0.1) is 0 Å². The summed E-state index contributed by atoms with van der Waals surface area (Å²) in [5, 5.41) is 15.4. The molecule has 0 spiro atoms. The Morgan fingerprint density at radius 1 is 0.385 bits per heavy atom. The molecule has 3 radical (unpaired) electrons. The third-order valence-corrected chi connectivity index (χ3v) is 18.3. The lowest BCUT2D eigenvalue weighted by Crippen LogP contribution is -2.35. The zero-order valence-corrected chi connectivity index (χ0v) is 30.6. The van der Waals surface area contributed by atoms with E-state index in [-0.39, 0.29) is 0 Å². The fourth-order valence-corrected chi connectivity index (χ4v) is 15.1. The molecule has 9 aromatic rings. The van der Waals surface area contributed by atoms with Gasteiger partial charge in [0.25, 0.3) is 0 Å². The summed E-state index contributed by atoms with van der Waals surface area (Å²) in [5.74, 6) is 0.853. The molecule has 0 heterocycles. The van der Waals surface area contributed by atoms with E-state index in [0.717, 1.165) is 27.8 Å². The number of hydrogen-bond donors (Lipinski definition) is 0. The van der Waals surface area contributed by atoms with Crippen molar-refractivity contribution in [2.75, 3.05) is 12.8 Å². The Labute approximate surface area is 308 Å². The second-order valence-corrected chi connectivity index (χ2v) is 20.0. The van der Waals surface area contributed by atoms with Gasteiger partial charge in [0.05, 0.1) is 15.9 Å². The third kappa shape index (κ3) is 5.50. The van der Waals surface area contributed by atoms with E-state index in [1.54, 1.807) is 0 Å². The van der Waals surface area contributed by atoms with Crippen LogP contribution in [0, 0.1) is 0 Å². The monoisotopic (exact) mass is 702 g/mol. The fraction of sp³-hybridized carbons (Fsp3) is 0.0417. The Kier molecular flexibility index (Phi) is 8.60. The second-order valence-electron chi connectivity index (χ2n) is 13.4. The van der Waals surface area contributed by atoms with Gasteiger partial charge in [-0.05, 0) is 106 Å². The topological polar surface area (TPSA) is 9.23 Å². The summed E-state index contributed by atoms with van der Waals surface area (Å²) in [6, 6.07) is 72.4. The SMILES string of the molecule is [B-][P+](c1ccccc1)(c1ccccc1)c1ccc(OCC[P+](c2ccccc2)(c2ccccc2)c2ccc3ccc4cccc5ccc2c3c45)cc1. The van der Waals surface area contributed by atoms with Gasteiger partial charge in [-0.2, -0.15) is 7.14 Å². The Morgan fingerprint density at radius 3 is 1.37 bits per heavy atom. The van der Waals surface area contributed by atoms with Gasteiger partial charge in [0, 0.05) is 10.8 Å². The van der Waals surface area contributed by atoms with Crippen LogP contribution >= 0.6 is 14.4 Å². The van der Waals surface area contributed by atoms with Gasteiger partial charge >= 0.3 is 0 Å². The summed E-state index contributed by atoms with van der Waals surface area (Å²) in [6.45, 7) is 0.569. The van der Waals surface area contributed by atoms with Crippen molar-refractivity contribution < 1.29 is 4.74 Å². The van der Waals surface area contributed by atoms with Crippen LogP contribution in [-0.2, 0) is 0 Å². The van der Waals surface area contributed by atoms with Crippen LogP contribution in [0.1, 0.15) is 0 Å². The molecule has 52 heavy (non-hydrogen) atoms. The lowest BCUT2D eigenvalue weighted by molar-refractivity contribution is 0.343. The summed E-state index contributed by atoms with van der Waals surface area (Å²) in [5.41, 5.74) is 0. The van der Waals surface area contributed by atoms with Crippen LogP contribution in [0.25, 0.3) is 32.3 Å². The Bertz CT molecular complexity index is 2500. The number of benzene rings is 9. The predicted octanol–water partition coefficient (Wildman–Crippen LogP) is 9.33. The molecule has 0 bridgehead atoms. The van der Waals surface area contributed by atoms with Crippen LogP contribution in [0.4, 0.5) is 0 Å². The molecule has 0 aliphatic heterocycles. The quantitative estimate of drug-likeness (QED) is 0.0785. The molecule has 1 nitrogen and oxygen atoms in total. The minimum atomic E-state index is -2.32. The summed E-state index contributed by atoms with van der Waals surface area (Å²) >= 11 is 0. The zero-order valence-electron chi connectivity index (χ0n) is 28.8. The van der Waals surface area contributed by atoms with E-state index in [0.29, 0.717) is 6.61 Å². The molecule has 0 saturated carbocycles. The standard InChI is InChI=1S/C48H37BOP2/c49-52(42-20-9-3-10-21-42,43-22-11-4-12-23-43)44-30-28-39(29-31-44)50-34-35-51(40-16-5-1-6-17-40,41-18-7-2-8-19-41)46-33-27-38-25-24-36-14-13-15-37-26-32-45(46)48(38)47(36)37/h1-33H,34-35H2/q+1. The molecule has 0 atom stereocenters. The van der Waals surface area contributed by atoms with Crippen LogP contribution < -0.4 is 36.6 Å². The maximum atomic E-state index is 7.44. The number of rotatable bonds is 10. The lowest BCUT2D eigenvalue weighted by atomic mass is 9.94. The van der Waals surface area contributed by atoms with E-state index >= 15 is 0 Å². The molecular formula is C48H37BOP2+. The fourth-order valence-electron chi connectivity index (χ4n) is 8.08. The highest BCUT2D eigenvalue weighted by Gasteiger charge is 2.46. The van der Waals surface area contributed by atoms with Crippen LogP contribution in [0.5, 0.6) is 5.75 Å². The molecule has 0 saturated heterocycles. The maximum absolute atomic E-state index is 7.44. The first-order valence-electron chi connectivity index (χ1n) is 17.8. The van der Waals surface area contributed by atoms with E-state index < -0.39 is 14.4 Å². The molecule has 0 aliphatic carbocycles. The Morgan fingerprint density at radius 2 is 0.827 bits per heavy atom. The van der Waals surface area contributed by atoms with Gasteiger partial charge in [0.2, 0.25) is 0 Å². The summed E-state index contributed by atoms with van der Waals surface area (Å²) in [4.78, 5) is 0. The van der Waals surface area contributed by atoms with Crippen molar-refractivity contribution in [3.05, 3.63) is 200 Å². The van der Waals surface area contributed by atoms with Gasteiger partial charge in [0.1, 0.15) is 41.7 Å². The van der Waals surface area contributed by atoms with Gasteiger partial charge in [-0.3, -0.25) is 7.57 Å². The van der Waals surface area contributed by atoms with Crippen molar-refractivity contribution in [2.45, 2.75) is 0 Å². The first-order chi connectivity index (χ1) is 25.7. The van der Waals surface area contributed by atoms with Crippen molar-refractivity contribution in [1.82, 2.24) is 0 Å². The predicted molar refractivity (Wildman–Crippen MR) is 230 cm³/mol. The van der Waals surface area contributed by atoms with E-state index in [1.165, 1.54) is 48.2 Å². The van der Waals surface area contributed by atoms with Gasteiger partial charge in [-0.25, -0.2) is 0 Å². The molecule has 0 aliphatic rings. The second kappa shape index (κ2) is 13.7. The van der Waals surface area contributed by atoms with Crippen LogP contribution in [0.3, 0.4) is 0 Å². The normalized spacial score (nSPS) is 12.1. The molecule has 4 heteroatoms. The maximum Gasteiger partial charge on any atom is 0.123 e. The van der Waals surface area contributed by atoms with E-state index in [9.17, 15) is 0 Å². The molecule has 0 fully saturated rings. The largest absolute Gasteiger partial charge is 0.490 e. The minimum absolute atomic E-state index is 0.569. The van der Waals surface area contributed by atoms with Gasteiger partial charge in [0.15, 0.2) is 0 Å². The molecule has 0 unspecified atom stereocenters. The van der Waals surface area contributed by atoms with Gasteiger partial charge in [-0.1, -0.05) is 115 Å². The molecule has 9 rings (SSSR count). The highest BCUT2D eigenvalue weighted by Crippen LogP contribution is 2.57. The van der Waals surface area contributed by atoms with E-state index in [1.807, 2.05) is 12.1 Å². The zero-order chi connectivity index (χ0) is 35.0. The highest BCUT2D eigenvalue weighted by atomic mass is 31.2. The highest BCUT2D eigenvalue weighted by molar-refractivity contribution is 8.13. The van der Waals surface area contributed by atoms with Crippen molar-refractivity contribution >= 4 is 86.1 Å². The molecular weight excluding hydrogens is 665 g/mol. The Balaban J connectivity index is 1.13. The van der Waals surface area contributed by atoms with Crippen molar-refractivity contribution in [3.63, 3.8) is 0 Å². The first kappa shape index (κ1) is 32.6. The van der Waals surface area contributed by atoms with Crippen molar-refractivity contribution in [1.29, 1.82) is 0 Å². The van der Waals surface area contributed by atoms with Gasteiger partial charge < -0.3 is 4.74 Å². The molecule has 0 aromatic heterocycles. The summed E-state index contributed by atoms with van der Waals surface area (Å²) in [6.07, 6.45) is 0.856. The average Bonchev–Trinajstić information content (AvgIpc) is 3.23. The molecule has 0 N–H and O–H groups in total. The summed E-state index contributed by atoms with van der Waals surface area (Å²) in [7, 11) is 2.91. The van der Waals surface area contributed by atoms with E-state index in [4.69, 9.17) is 12.3 Å². The molecule has 247 valence electrons. The van der Waals surface area contributed by atoms with Crippen molar-refractivity contribution in [2.24, 2.45) is 0 Å². The molecule has 9 aromatic carbocycles. The molecule has 0 amide bonds. The van der Waals surface area contributed by atoms with E-state index in [2.05, 4.69) is 188 Å². The van der Waals surface area contributed by atoms with Crippen LogP contribution in [-0.4, -0.2) is 20.3 Å². The van der Waals surface area contributed by atoms with Crippen molar-refractivity contribution in [3.8, 4) is 5.75 Å². The van der Waals surface area contributed by atoms with Crippen LogP contribution in [0.2, 0.25) is 0 Å². The minimum Gasteiger partial charge on any atom is -0.490 e. The number of ether oxygens (including phenoxy) is 1.